The number of carbonyl (C=O) groups excluding carboxylic acids is 1. The maximum absolute atomic E-state index is 12.6. The molecular weight excluding hydrogens is 244 g/mol. The van der Waals surface area contributed by atoms with Crippen LogP contribution in [-0.4, -0.2) is 15.5 Å². The van der Waals surface area contributed by atoms with Gasteiger partial charge in [0.15, 0.2) is 4.77 Å². The summed E-state index contributed by atoms with van der Waals surface area (Å²) in [5.41, 5.74) is 1.84. The molecule has 1 saturated carbocycles. The van der Waals surface area contributed by atoms with Gasteiger partial charge in [-0.1, -0.05) is 31.4 Å². The minimum Gasteiger partial charge on any atom is -0.330 e. The van der Waals surface area contributed by atoms with Crippen molar-refractivity contribution in [1.82, 2.24) is 9.55 Å². The van der Waals surface area contributed by atoms with Crippen molar-refractivity contribution in [1.29, 1.82) is 0 Å². The van der Waals surface area contributed by atoms with Gasteiger partial charge in [-0.25, -0.2) is 0 Å². The van der Waals surface area contributed by atoms with Gasteiger partial charge in [-0.2, -0.15) is 0 Å². The molecule has 0 saturated heterocycles. The van der Waals surface area contributed by atoms with Gasteiger partial charge in [-0.15, -0.1) is 0 Å². The van der Waals surface area contributed by atoms with E-state index in [4.69, 9.17) is 12.2 Å². The molecule has 0 aliphatic heterocycles. The molecule has 1 fully saturated rings. The van der Waals surface area contributed by atoms with Gasteiger partial charge in [0.25, 0.3) is 0 Å². The van der Waals surface area contributed by atoms with Gasteiger partial charge >= 0.3 is 0 Å². The summed E-state index contributed by atoms with van der Waals surface area (Å²) in [4.78, 5) is 15.7. The van der Waals surface area contributed by atoms with Gasteiger partial charge in [-0.3, -0.25) is 9.36 Å². The second-order valence-corrected chi connectivity index (χ2v) is 5.34. The number of benzene rings is 1. The molecule has 1 N–H and O–H groups in total. The normalized spacial score (nSPS) is 17.1. The summed E-state index contributed by atoms with van der Waals surface area (Å²) in [5, 5.41) is 0. The van der Waals surface area contributed by atoms with Gasteiger partial charge < -0.3 is 4.98 Å². The number of aromatic amines is 1. The predicted octanol–water partition coefficient (Wildman–Crippen LogP) is 3.92. The monoisotopic (exact) mass is 260 g/mol. The van der Waals surface area contributed by atoms with Crippen LogP contribution in [-0.2, 0) is 0 Å². The van der Waals surface area contributed by atoms with Crippen LogP contribution >= 0.6 is 12.2 Å². The van der Waals surface area contributed by atoms with E-state index < -0.39 is 0 Å². The highest BCUT2D eigenvalue weighted by Crippen LogP contribution is 2.26. The molecule has 1 aromatic carbocycles. The minimum absolute atomic E-state index is 0.143. The van der Waals surface area contributed by atoms with Crippen LogP contribution in [0.25, 0.3) is 11.0 Å². The smallest absolute Gasteiger partial charge is 0.236 e. The van der Waals surface area contributed by atoms with E-state index in [0.717, 1.165) is 36.7 Å². The van der Waals surface area contributed by atoms with Crippen LogP contribution in [0, 0.1) is 10.7 Å². The molecule has 1 aliphatic rings. The third kappa shape index (κ3) is 1.90. The van der Waals surface area contributed by atoms with Crippen LogP contribution < -0.4 is 0 Å². The van der Waals surface area contributed by atoms with Crippen molar-refractivity contribution in [2.75, 3.05) is 0 Å². The summed E-state index contributed by atoms with van der Waals surface area (Å²) in [5.74, 6) is 0.307. The maximum Gasteiger partial charge on any atom is 0.236 e. The van der Waals surface area contributed by atoms with Gasteiger partial charge in [0, 0.05) is 5.92 Å². The Kier molecular flexibility index (Phi) is 3.04. The van der Waals surface area contributed by atoms with E-state index in [9.17, 15) is 4.79 Å². The Morgan fingerprint density at radius 2 is 1.94 bits per heavy atom. The van der Waals surface area contributed by atoms with E-state index in [-0.39, 0.29) is 11.8 Å². The number of H-pyrrole nitrogens is 1. The third-order valence-electron chi connectivity index (χ3n) is 3.76. The number of hydrogen-bond acceptors (Lipinski definition) is 2. The van der Waals surface area contributed by atoms with Gasteiger partial charge in [0.05, 0.1) is 11.0 Å². The van der Waals surface area contributed by atoms with Crippen LogP contribution in [0.2, 0.25) is 0 Å². The topological polar surface area (TPSA) is 37.8 Å². The molecule has 1 heterocycles. The molecule has 3 rings (SSSR count). The van der Waals surface area contributed by atoms with Crippen LogP contribution in [0.3, 0.4) is 0 Å². The van der Waals surface area contributed by atoms with Gasteiger partial charge in [0.1, 0.15) is 0 Å². The molecule has 2 aromatic rings. The van der Waals surface area contributed by atoms with Crippen molar-refractivity contribution in [3.05, 3.63) is 29.0 Å². The summed E-state index contributed by atoms with van der Waals surface area (Å²) < 4.78 is 2.20. The second kappa shape index (κ2) is 4.69. The predicted molar refractivity (Wildman–Crippen MR) is 74.3 cm³/mol. The average Bonchev–Trinajstić information content (AvgIpc) is 2.75. The standard InChI is InChI=1S/C14H16N2OS/c17-13(10-6-2-1-3-7-10)16-12-9-5-4-8-11(12)15-14(16)18/h4-5,8-10H,1-3,6-7H2,(H,15,18). The average molecular weight is 260 g/mol. The van der Waals surface area contributed by atoms with Crippen molar-refractivity contribution >= 4 is 29.2 Å². The van der Waals surface area contributed by atoms with Crippen molar-refractivity contribution < 1.29 is 4.79 Å². The third-order valence-corrected chi connectivity index (χ3v) is 4.05. The van der Waals surface area contributed by atoms with Crippen molar-refractivity contribution in [2.45, 2.75) is 32.1 Å². The quantitative estimate of drug-likeness (QED) is 0.789. The Hall–Kier alpha value is -1.42. The molecule has 0 unspecified atom stereocenters. The zero-order chi connectivity index (χ0) is 12.5. The summed E-state index contributed by atoms with van der Waals surface area (Å²) in [6, 6.07) is 7.79. The van der Waals surface area contributed by atoms with Crippen molar-refractivity contribution in [3.63, 3.8) is 0 Å². The number of carbonyl (C=O) groups is 1. The molecule has 4 heteroatoms. The van der Waals surface area contributed by atoms with Crippen LogP contribution in [0.4, 0.5) is 0 Å². The van der Waals surface area contributed by atoms with E-state index in [2.05, 4.69) is 4.98 Å². The molecule has 0 bridgehead atoms. The molecule has 0 amide bonds. The Bertz CT molecular complexity index is 635. The molecule has 18 heavy (non-hydrogen) atoms. The highest BCUT2D eigenvalue weighted by atomic mass is 32.1. The van der Waals surface area contributed by atoms with Crippen molar-refractivity contribution in [3.8, 4) is 0 Å². The summed E-state index contributed by atoms with van der Waals surface area (Å²) in [6.45, 7) is 0. The van der Waals surface area contributed by atoms with Crippen LogP contribution in [0.1, 0.15) is 36.9 Å². The molecule has 3 nitrogen and oxygen atoms in total. The Labute approximate surface area is 111 Å². The number of para-hydroxylation sites is 2. The number of nitrogens with zero attached hydrogens (tertiary/aromatic N) is 1. The van der Waals surface area contributed by atoms with Crippen molar-refractivity contribution in [2.24, 2.45) is 5.92 Å². The molecule has 0 radical (unpaired) electrons. The lowest BCUT2D eigenvalue weighted by Gasteiger charge is -2.20. The summed E-state index contributed by atoms with van der Waals surface area (Å²) in [6.07, 6.45) is 5.57. The number of hydrogen-bond donors (Lipinski definition) is 1. The lowest BCUT2D eigenvalue weighted by molar-refractivity contribution is 0.0805. The summed E-state index contributed by atoms with van der Waals surface area (Å²) >= 11 is 5.29. The number of aromatic nitrogens is 2. The van der Waals surface area contributed by atoms with Gasteiger partial charge in [0.2, 0.25) is 5.91 Å². The first-order chi connectivity index (χ1) is 8.77. The Balaban J connectivity index is 2.05. The van der Waals surface area contributed by atoms with Crippen LogP contribution in [0.5, 0.6) is 0 Å². The highest BCUT2D eigenvalue weighted by molar-refractivity contribution is 7.71. The van der Waals surface area contributed by atoms with E-state index in [1.54, 1.807) is 4.57 Å². The molecule has 1 aromatic heterocycles. The number of rotatable bonds is 1. The lowest BCUT2D eigenvalue weighted by Crippen LogP contribution is -2.23. The zero-order valence-electron chi connectivity index (χ0n) is 10.2. The molecular formula is C14H16N2OS. The fourth-order valence-corrected chi connectivity index (χ4v) is 3.10. The Morgan fingerprint density at radius 1 is 1.22 bits per heavy atom. The first-order valence-electron chi connectivity index (χ1n) is 6.51. The minimum atomic E-state index is 0.143. The van der Waals surface area contributed by atoms with Gasteiger partial charge in [-0.05, 0) is 37.2 Å². The zero-order valence-corrected chi connectivity index (χ0v) is 11.0. The largest absolute Gasteiger partial charge is 0.330 e. The lowest BCUT2D eigenvalue weighted by atomic mass is 9.88. The summed E-state index contributed by atoms with van der Waals surface area (Å²) in [7, 11) is 0. The van der Waals surface area contributed by atoms with E-state index in [1.807, 2.05) is 24.3 Å². The highest BCUT2D eigenvalue weighted by Gasteiger charge is 2.24. The fraction of sp³-hybridized carbons (Fsp3) is 0.429. The van der Waals surface area contributed by atoms with Crippen LogP contribution in [0.15, 0.2) is 24.3 Å². The number of imidazole rings is 1. The maximum atomic E-state index is 12.6. The van der Waals surface area contributed by atoms with E-state index >= 15 is 0 Å². The fourth-order valence-electron chi connectivity index (χ4n) is 2.81. The Morgan fingerprint density at radius 3 is 2.72 bits per heavy atom. The molecule has 0 atom stereocenters. The molecule has 94 valence electrons. The molecule has 1 aliphatic carbocycles. The first-order valence-corrected chi connectivity index (χ1v) is 6.92. The first kappa shape index (κ1) is 11.7. The van der Waals surface area contributed by atoms with E-state index in [0.29, 0.717) is 4.77 Å². The number of nitrogens with one attached hydrogen (secondary N) is 1. The SMILES string of the molecule is O=C(C1CCCCC1)n1c(=S)[nH]c2ccccc21. The van der Waals surface area contributed by atoms with E-state index in [1.165, 1.54) is 6.42 Å². The number of fused-ring (bicyclic) bond motifs is 1. The second-order valence-electron chi connectivity index (χ2n) is 4.96. The molecule has 0 spiro atoms.